The van der Waals surface area contributed by atoms with E-state index in [1.807, 2.05) is 102 Å². The third-order valence-corrected chi connectivity index (χ3v) is 25.4. The number of fused-ring (bicyclic) bond motifs is 12. The van der Waals surface area contributed by atoms with Crippen LogP contribution in [0, 0.1) is 47.3 Å². The number of rotatable bonds is 22. The van der Waals surface area contributed by atoms with Crippen molar-refractivity contribution in [1.29, 1.82) is 0 Å². The molecule has 4 fully saturated rings. The van der Waals surface area contributed by atoms with Crippen molar-refractivity contribution in [3.63, 3.8) is 0 Å². The summed E-state index contributed by atoms with van der Waals surface area (Å²) in [6, 6.07) is 25.1. The Kier molecular flexibility index (Phi) is 28.8. The van der Waals surface area contributed by atoms with E-state index >= 15 is 0 Å². The Morgan fingerprint density at radius 2 is 0.811 bits per heavy atom. The molecule has 0 radical (unpaired) electrons. The second kappa shape index (κ2) is 40.0. The minimum atomic E-state index is -1.06. The van der Waals surface area contributed by atoms with E-state index in [4.69, 9.17) is 62.9 Å². The van der Waals surface area contributed by atoms with Crippen LogP contribution in [0.1, 0.15) is 174 Å². The van der Waals surface area contributed by atoms with Crippen molar-refractivity contribution < 1.29 is 90.9 Å². The van der Waals surface area contributed by atoms with Crippen LogP contribution < -0.4 is 30.7 Å². The highest BCUT2D eigenvalue weighted by Gasteiger charge is 2.46. The van der Waals surface area contributed by atoms with Gasteiger partial charge in [-0.05, 0) is 175 Å². The average molecular weight is 1820 g/mol. The number of carbonyl (C=O) groups excluding carboxylic acids is 8. The molecule has 8 amide bonds. The molecule has 16 rings (SSSR count). The molecule has 0 bridgehead atoms. The van der Waals surface area contributed by atoms with Crippen LogP contribution in [0.3, 0.4) is 0 Å². The lowest BCUT2D eigenvalue weighted by molar-refractivity contribution is -0.140. The van der Waals surface area contributed by atoms with Crippen LogP contribution in [0.25, 0.3) is 88.4 Å². The summed E-state index contributed by atoms with van der Waals surface area (Å²) in [5, 5.41) is 22.9. The minimum Gasteiger partial charge on any atom is -0.488 e. The van der Waals surface area contributed by atoms with Crippen LogP contribution in [0.2, 0.25) is 0 Å². The predicted molar refractivity (Wildman–Crippen MR) is 493 cm³/mol. The van der Waals surface area contributed by atoms with E-state index in [1.165, 1.54) is 28.4 Å². The first-order valence-electron chi connectivity index (χ1n) is 45.0. The van der Waals surface area contributed by atoms with Gasteiger partial charge in [0.25, 0.3) is 0 Å². The van der Waals surface area contributed by atoms with Gasteiger partial charge in [-0.25, -0.2) is 48.7 Å². The number of aromatic amines is 4. The average Bonchev–Trinajstić information content (AvgIpc) is 1.62. The number of ether oxygens (including phenoxy) is 9. The molecular weight excluding hydrogens is 1690 g/mol. The molecule has 2 unspecified atom stereocenters. The maximum absolute atomic E-state index is 14.1. The van der Waals surface area contributed by atoms with Gasteiger partial charge in [0.05, 0.1) is 112 Å². The van der Waals surface area contributed by atoms with Gasteiger partial charge in [0.15, 0.2) is 0 Å². The Labute approximate surface area is 765 Å². The standard InChI is InChI=1S/C46H56N8O8.C44H53N7O7.C7H13NO4/c1-23(2)38(51-45(57)60-7)43(55)53-19-25(5)13-35(53)41-47-18-34(49-41)28-9-11-30-29(15-28)22-62-37-17-31-27(16-32(30)37)10-12-33-40(31)50-42(48-33)36-14-26(21-59-6)20-54(36)44(56)39(24(3)4)52-46(58)61-8;1-23(2)37(49-42(53)56-8)41(52)50-19-24(3)13-34(50)39-45-18-33(47-39)27-9-11-29-28(15-27)22-57-36-17-30-26(16-31(29)36)10-12-32-38(30)48-40(46-32)35-14-25(21-55-7)20-51(35)43(54)58-44(4,5)6;1-4(2)5(6(9)10)8-7(11)12-3/h9-12,15-18,23-26,35-36,38-39H,13-14,19-22H2,1-8H3,(H,47,49)(H,48,50)(H,51,57)(H,52,58);9-12,15-18,23-25,34-35,37H,13-14,19-22H2,1-8H3,(H,45,47)(H,46,48)(H,49,53);4-5H,1-3H3,(H,8,11)(H,9,10)/t25-,26-,35?,36-,38-,39-;24-,25-,34?,35-,37-;5-/m000/s1. The molecule has 12 atom stereocenters. The molecule has 6 aliphatic rings. The quantitative estimate of drug-likeness (QED) is 0.0285. The van der Waals surface area contributed by atoms with E-state index in [9.17, 15) is 43.2 Å². The number of carboxylic acids is 1. The van der Waals surface area contributed by atoms with Crippen molar-refractivity contribution in [1.82, 2.24) is 80.7 Å². The number of methoxy groups -OCH3 is 6. The highest BCUT2D eigenvalue weighted by Crippen LogP contribution is 2.48. The number of hydrogen-bond acceptors (Lipinski definition) is 22. The summed E-state index contributed by atoms with van der Waals surface area (Å²) in [7, 11) is 8.40. The molecule has 10 heterocycles. The fourth-order valence-electron chi connectivity index (χ4n) is 18.8. The van der Waals surface area contributed by atoms with Gasteiger partial charge in [-0.1, -0.05) is 106 Å². The molecule has 35 nitrogen and oxygen atoms in total. The third kappa shape index (κ3) is 20.4. The second-order valence-electron chi connectivity index (χ2n) is 37.7. The lowest BCUT2D eigenvalue weighted by Crippen LogP contribution is -2.51. The van der Waals surface area contributed by atoms with E-state index in [0.29, 0.717) is 76.5 Å². The van der Waals surface area contributed by atoms with Crippen LogP contribution >= 0.6 is 0 Å². The van der Waals surface area contributed by atoms with Gasteiger partial charge in [-0.2, -0.15) is 0 Å². The summed E-state index contributed by atoms with van der Waals surface area (Å²) >= 11 is 0. The number of nitrogens with zero attached hydrogens (tertiary/aromatic N) is 8. The van der Waals surface area contributed by atoms with Crippen molar-refractivity contribution in [2.24, 2.45) is 47.3 Å². The van der Waals surface area contributed by atoms with Crippen LogP contribution in [0.4, 0.5) is 24.0 Å². The Bertz CT molecular complexity index is 5970. The number of likely N-dealkylation sites (tertiary alicyclic amines) is 4. The van der Waals surface area contributed by atoms with Gasteiger partial charge in [0.2, 0.25) is 17.7 Å². The second-order valence-corrected chi connectivity index (χ2v) is 37.7. The van der Waals surface area contributed by atoms with Gasteiger partial charge in [0.1, 0.15) is 77.8 Å². The predicted octanol–water partition coefficient (Wildman–Crippen LogP) is 15.2. The van der Waals surface area contributed by atoms with Crippen molar-refractivity contribution in [2.75, 3.05) is 82.1 Å². The number of nitrogens with one attached hydrogen (secondary N) is 8. The highest BCUT2D eigenvalue weighted by molar-refractivity contribution is 6.08. The number of carbonyl (C=O) groups is 9. The van der Waals surface area contributed by atoms with Gasteiger partial charge in [-0.3, -0.25) is 19.3 Å². The summed E-state index contributed by atoms with van der Waals surface area (Å²) in [5.41, 5.74) is 12.6. The molecule has 4 aromatic heterocycles. The molecule has 35 heteroatoms. The molecule has 0 aliphatic carbocycles. The molecule has 6 aromatic carbocycles. The largest absolute Gasteiger partial charge is 0.488 e. The molecule has 0 saturated carbocycles. The first-order valence-corrected chi connectivity index (χ1v) is 45.0. The fraction of sp³-hybridized carbons (Fsp3) is 0.495. The number of imidazole rings is 4. The maximum Gasteiger partial charge on any atom is 0.410 e. The number of benzene rings is 6. The molecule has 704 valence electrons. The number of amides is 8. The molecule has 0 spiro atoms. The van der Waals surface area contributed by atoms with Gasteiger partial charge < -0.3 is 104 Å². The Balaban J connectivity index is 0.000000189. The summed E-state index contributed by atoms with van der Waals surface area (Å²) in [5.74, 6) is 3.02. The highest BCUT2D eigenvalue weighted by atomic mass is 16.6. The number of carboxylic acid groups (broad SMARTS) is 1. The van der Waals surface area contributed by atoms with Gasteiger partial charge >= 0.3 is 36.4 Å². The Morgan fingerprint density at radius 1 is 0.447 bits per heavy atom. The SMILES string of the molecule is COC(=O)N[C@H](C(=O)O)C(C)C.COC[C@H]1C[C@@H](c2nc3c(ccc4cc5c(cc43)OCc3cc(-c4cnc(C6C[C@H](C)CN6C(=O)[C@@H](NC(=O)OC)C(C)C)[nH]4)ccc3-5)[nH]2)N(C(=O)OC(C)(C)C)C1.COC[C@H]1C[C@@H](c2nc3c(ccc4cc5c(cc43)OCc3cc(-c4cnc(C6C[C@H](C)CN6C(=O)[C@@H](NC(=O)OC)C(C)C)[nH]4)ccc3-5)[nH]2)N(C(=O)[C@@H](NC(=O)OC)C(C)C)C1. The number of aromatic nitrogens is 8. The van der Waals surface area contributed by atoms with Gasteiger partial charge in [-0.15, -0.1) is 0 Å². The van der Waals surface area contributed by atoms with E-state index in [-0.39, 0.29) is 95.3 Å². The Morgan fingerprint density at radius 3 is 1.17 bits per heavy atom. The zero-order valence-corrected chi connectivity index (χ0v) is 78.3. The fourth-order valence-corrected chi connectivity index (χ4v) is 18.8. The van der Waals surface area contributed by atoms with Crippen molar-refractivity contribution >= 4 is 97.8 Å². The summed E-state index contributed by atoms with van der Waals surface area (Å²) in [6.07, 6.45) is 3.52. The monoisotopic (exact) mass is 1810 g/mol. The zero-order valence-electron chi connectivity index (χ0n) is 78.3. The van der Waals surface area contributed by atoms with Crippen LogP contribution in [0.15, 0.2) is 97.3 Å². The number of H-pyrrole nitrogens is 4. The smallest absolute Gasteiger partial charge is 0.410 e. The lowest BCUT2D eigenvalue weighted by atomic mass is 9.92. The maximum atomic E-state index is 14.1. The topological polar surface area (TPSA) is 433 Å². The first-order chi connectivity index (χ1) is 63.0. The molecule has 6 aliphatic heterocycles. The molecule has 4 saturated heterocycles. The molecule has 10 aromatic rings. The minimum absolute atomic E-state index is 0.0964. The summed E-state index contributed by atoms with van der Waals surface area (Å²) in [6.45, 7) is 28.6. The molecule has 9 N–H and O–H groups in total. The van der Waals surface area contributed by atoms with Crippen LogP contribution in [-0.2, 0) is 65.5 Å². The number of hydrogen-bond donors (Lipinski definition) is 9. The summed E-state index contributed by atoms with van der Waals surface area (Å²) in [4.78, 5) is 154. The first kappa shape index (κ1) is 95.0. The van der Waals surface area contributed by atoms with E-state index in [0.717, 1.165) is 136 Å². The van der Waals surface area contributed by atoms with Crippen LogP contribution in [0.5, 0.6) is 11.5 Å². The van der Waals surface area contributed by atoms with Crippen molar-refractivity contribution in [3.05, 3.63) is 132 Å². The van der Waals surface area contributed by atoms with Crippen LogP contribution in [-0.4, -0.2) is 231 Å². The number of aliphatic carboxylic acids is 1. The molecule has 132 heavy (non-hydrogen) atoms. The van der Waals surface area contributed by atoms with Crippen molar-refractivity contribution in [2.45, 2.75) is 183 Å². The van der Waals surface area contributed by atoms with Crippen molar-refractivity contribution in [3.8, 4) is 56.3 Å². The van der Waals surface area contributed by atoms with E-state index in [1.54, 1.807) is 33.0 Å². The van der Waals surface area contributed by atoms with Gasteiger partial charge in [0, 0.05) is 74.1 Å². The Hall–Kier alpha value is -13.1. The normalized spacial score (nSPS) is 20.0. The molecular formula is C97H122N16O19. The lowest BCUT2D eigenvalue weighted by Gasteiger charge is -2.30. The zero-order chi connectivity index (χ0) is 94.7. The summed E-state index contributed by atoms with van der Waals surface area (Å²) < 4.78 is 48.3. The van der Waals surface area contributed by atoms with E-state index < -0.39 is 60.1 Å². The number of alkyl carbamates (subject to hydrolysis) is 4. The van der Waals surface area contributed by atoms with E-state index in [2.05, 4.69) is 133 Å². The third-order valence-electron chi connectivity index (χ3n) is 25.4.